The average molecular weight is 389 g/mol. The highest BCUT2D eigenvalue weighted by atomic mass is 79.9. The van der Waals surface area contributed by atoms with Gasteiger partial charge in [0.05, 0.1) is 12.2 Å². The number of benzene rings is 2. The van der Waals surface area contributed by atoms with Crippen LogP contribution in [0, 0.1) is 0 Å². The number of halogens is 1. The molecule has 126 valence electrons. The van der Waals surface area contributed by atoms with E-state index >= 15 is 0 Å². The largest absolute Gasteiger partial charge is 0.490 e. The van der Waals surface area contributed by atoms with Crippen LogP contribution in [0.25, 0.3) is 0 Å². The highest BCUT2D eigenvalue weighted by molar-refractivity contribution is 9.10. The third-order valence-corrected chi connectivity index (χ3v) is 4.50. The first-order valence-corrected chi connectivity index (χ1v) is 8.83. The molecule has 0 radical (unpaired) electrons. The Morgan fingerprint density at radius 2 is 2.00 bits per heavy atom. The number of hydrogen-bond acceptors (Lipinski definition) is 3. The molecule has 1 saturated heterocycles. The van der Waals surface area contributed by atoms with Gasteiger partial charge in [0, 0.05) is 10.0 Å². The summed E-state index contributed by atoms with van der Waals surface area (Å²) in [7, 11) is 0. The van der Waals surface area contributed by atoms with E-state index in [1.807, 2.05) is 30.3 Å². The number of ketones is 1. The minimum atomic E-state index is -0.0275. The molecule has 3 nitrogen and oxygen atoms in total. The summed E-state index contributed by atoms with van der Waals surface area (Å²) in [6.07, 6.45) is 0.149. The van der Waals surface area contributed by atoms with Crippen molar-refractivity contribution in [2.45, 2.75) is 32.3 Å². The molecule has 24 heavy (non-hydrogen) atoms. The molecule has 1 fully saturated rings. The van der Waals surface area contributed by atoms with E-state index in [-0.39, 0.29) is 17.3 Å². The van der Waals surface area contributed by atoms with Crippen molar-refractivity contribution in [1.82, 2.24) is 0 Å². The summed E-state index contributed by atoms with van der Waals surface area (Å²) < 4.78 is 11.9. The fraction of sp³-hybridized carbons (Fsp3) is 0.350. The van der Waals surface area contributed by atoms with Crippen LogP contribution in [-0.4, -0.2) is 25.1 Å². The zero-order valence-corrected chi connectivity index (χ0v) is 15.7. The molecule has 2 aromatic carbocycles. The summed E-state index contributed by atoms with van der Waals surface area (Å²) in [6.45, 7) is 7.62. The molecule has 1 aliphatic heterocycles. The summed E-state index contributed by atoms with van der Waals surface area (Å²) in [5.41, 5.74) is 2.39. The van der Waals surface area contributed by atoms with Gasteiger partial charge in [-0.25, -0.2) is 0 Å². The fourth-order valence-corrected chi connectivity index (χ4v) is 2.77. The molecule has 0 bridgehead atoms. The van der Waals surface area contributed by atoms with Crippen LogP contribution in [0.3, 0.4) is 0 Å². The highest BCUT2D eigenvalue weighted by Gasteiger charge is 2.25. The van der Waals surface area contributed by atoms with E-state index in [4.69, 9.17) is 9.47 Å². The van der Waals surface area contributed by atoms with E-state index in [0.29, 0.717) is 23.5 Å². The first kappa shape index (κ1) is 17.2. The minimum absolute atomic E-state index is 0.00134. The molecular formula is C20H21BrO3. The molecule has 0 amide bonds. The zero-order valence-electron chi connectivity index (χ0n) is 14.1. The molecular weight excluding hydrogens is 368 g/mol. The maximum atomic E-state index is 13.0. The topological polar surface area (TPSA) is 38.8 Å². The summed E-state index contributed by atoms with van der Waals surface area (Å²) >= 11 is 3.44. The Hall–Kier alpha value is -1.65. The van der Waals surface area contributed by atoms with Gasteiger partial charge in [0.1, 0.15) is 18.5 Å². The van der Waals surface area contributed by atoms with Crippen molar-refractivity contribution in [3.63, 3.8) is 0 Å². The van der Waals surface area contributed by atoms with E-state index < -0.39 is 0 Å². The number of ether oxygens (including phenoxy) is 2. The van der Waals surface area contributed by atoms with Crippen molar-refractivity contribution in [2.75, 3.05) is 13.2 Å². The maximum Gasteiger partial charge on any atom is 0.196 e. The van der Waals surface area contributed by atoms with Crippen molar-refractivity contribution < 1.29 is 14.3 Å². The molecule has 0 aliphatic carbocycles. The van der Waals surface area contributed by atoms with Crippen LogP contribution >= 0.6 is 15.9 Å². The van der Waals surface area contributed by atoms with Gasteiger partial charge in [0.25, 0.3) is 0 Å². The lowest BCUT2D eigenvalue weighted by Gasteiger charge is -2.19. The van der Waals surface area contributed by atoms with Gasteiger partial charge in [-0.1, -0.05) is 54.9 Å². The van der Waals surface area contributed by atoms with Crippen molar-refractivity contribution in [1.29, 1.82) is 0 Å². The van der Waals surface area contributed by atoms with Gasteiger partial charge in [0.15, 0.2) is 5.78 Å². The van der Waals surface area contributed by atoms with Crippen molar-refractivity contribution >= 4 is 21.7 Å². The van der Waals surface area contributed by atoms with Crippen LogP contribution in [0.15, 0.2) is 46.9 Å². The third kappa shape index (κ3) is 4.05. The normalized spacial score (nSPS) is 16.8. The monoisotopic (exact) mass is 388 g/mol. The van der Waals surface area contributed by atoms with E-state index in [9.17, 15) is 4.79 Å². The first-order valence-electron chi connectivity index (χ1n) is 8.04. The number of carbonyl (C=O) groups is 1. The SMILES string of the molecule is CC(C)(C)c1cccc(C(=O)c2ccc(Br)cc2OCC2CO2)c1. The van der Waals surface area contributed by atoms with Crippen LogP contribution in [-0.2, 0) is 10.2 Å². The molecule has 0 spiro atoms. The summed E-state index contributed by atoms with van der Waals surface area (Å²) in [6, 6.07) is 13.3. The molecule has 0 saturated carbocycles. The zero-order chi connectivity index (χ0) is 17.3. The second-order valence-corrected chi connectivity index (χ2v) is 7.98. The standard InChI is InChI=1S/C20H21BrO3/c1-20(2,3)14-6-4-5-13(9-14)19(22)17-8-7-15(21)10-18(17)24-12-16-11-23-16/h4-10,16H,11-12H2,1-3H3. The summed E-state index contributed by atoms with van der Waals surface area (Å²) in [4.78, 5) is 13.0. The molecule has 1 unspecified atom stereocenters. The van der Waals surface area contributed by atoms with Gasteiger partial charge in [-0.3, -0.25) is 4.79 Å². The predicted molar refractivity (Wildman–Crippen MR) is 98.0 cm³/mol. The minimum Gasteiger partial charge on any atom is -0.490 e. The van der Waals surface area contributed by atoms with E-state index in [1.54, 1.807) is 6.07 Å². The van der Waals surface area contributed by atoms with Crippen LogP contribution in [0.1, 0.15) is 42.3 Å². The van der Waals surface area contributed by atoms with Crippen LogP contribution in [0.5, 0.6) is 5.75 Å². The second kappa shape index (κ2) is 6.69. The Bertz CT molecular complexity index is 758. The lowest BCUT2D eigenvalue weighted by atomic mass is 9.85. The Balaban J connectivity index is 1.91. The quantitative estimate of drug-likeness (QED) is 0.547. The average Bonchev–Trinajstić information content (AvgIpc) is 3.36. The lowest BCUT2D eigenvalue weighted by molar-refractivity contribution is 0.103. The smallest absolute Gasteiger partial charge is 0.196 e. The first-order chi connectivity index (χ1) is 11.3. The van der Waals surface area contributed by atoms with E-state index in [2.05, 4.69) is 42.8 Å². The van der Waals surface area contributed by atoms with Gasteiger partial charge in [-0.15, -0.1) is 0 Å². The number of epoxide rings is 1. The molecule has 4 heteroatoms. The van der Waals surface area contributed by atoms with E-state index in [1.165, 1.54) is 0 Å². The molecule has 1 aliphatic rings. The Morgan fingerprint density at radius 1 is 1.25 bits per heavy atom. The second-order valence-electron chi connectivity index (χ2n) is 7.07. The number of rotatable bonds is 5. The van der Waals surface area contributed by atoms with Gasteiger partial charge in [0.2, 0.25) is 0 Å². The third-order valence-electron chi connectivity index (χ3n) is 4.01. The maximum absolute atomic E-state index is 13.0. The highest BCUT2D eigenvalue weighted by Crippen LogP contribution is 2.29. The molecule has 0 N–H and O–H groups in total. The lowest BCUT2D eigenvalue weighted by Crippen LogP contribution is -2.13. The number of carbonyl (C=O) groups excluding carboxylic acids is 1. The van der Waals surface area contributed by atoms with E-state index in [0.717, 1.165) is 16.6 Å². The van der Waals surface area contributed by atoms with Gasteiger partial charge < -0.3 is 9.47 Å². The van der Waals surface area contributed by atoms with Gasteiger partial charge in [-0.05, 0) is 35.2 Å². The van der Waals surface area contributed by atoms with Crippen molar-refractivity contribution in [3.05, 3.63) is 63.6 Å². The van der Waals surface area contributed by atoms with Crippen molar-refractivity contribution in [3.8, 4) is 5.75 Å². The van der Waals surface area contributed by atoms with Crippen LogP contribution < -0.4 is 4.74 Å². The Labute approximate surface area is 151 Å². The van der Waals surface area contributed by atoms with Crippen LogP contribution in [0.2, 0.25) is 0 Å². The number of hydrogen-bond donors (Lipinski definition) is 0. The van der Waals surface area contributed by atoms with Gasteiger partial charge in [-0.2, -0.15) is 0 Å². The molecule has 1 atom stereocenters. The molecule has 3 rings (SSSR count). The van der Waals surface area contributed by atoms with Crippen molar-refractivity contribution in [2.24, 2.45) is 0 Å². The molecule has 2 aromatic rings. The molecule has 0 aromatic heterocycles. The van der Waals surface area contributed by atoms with Crippen LogP contribution in [0.4, 0.5) is 0 Å². The summed E-state index contributed by atoms with van der Waals surface area (Å²) in [5.74, 6) is 0.561. The predicted octanol–water partition coefficient (Wildman–Crippen LogP) is 4.76. The van der Waals surface area contributed by atoms with Gasteiger partial charge >= 0.3 is 0 Å². The Kier molecular flexibility index (Phi) is 4.79. The molecule has 1 heterocycles. The fourth-order valence-electron chi connectivity index (χ4n) is 2.43. The Morgan fingerprint density at radius 3 is 2.67 bits per heavy atom. The summed E-state index contributed by atoms with van der Waals surface area (Å²) in [5, 5.41) is 0.